The number of benzene rings is 2. The van der Waals surface area contributed by atoms with Crippen LogP contribution in [0.25, 0.3) is 0 Å². The first kappa shape index (κ1) is 21.5. The number of rotatable bonds is 6. The van der Waals surface area contributed by atoms with Crippen molar-refractivity contribution in [3.8, 4) is 0 Å². The molecular formula is C25H24N4O3S. The number of hydrogen-bond acceptors (Lipinski definition) is 6. The van der Waals surface area contributed by atoms with E-state index in [2.05, 4.69) is 15.5 Å². The minimum Gasteiger partial charge on any atom is -0.299 e. The second kappa shape index (κ2) is 9.23. The van der Waals surface area contributed by atoms with Gasteiger partial charge in [-0.1, -0.05) is 73.1 Å². The molecule has 3 amide bonds. The highest BCUT2D eigenvalue weighted by Crippen LogP contribution is 2.35. The third kappa shape index (κ3) is 4.30. The largest absolute Gasteiger partial charge is 0.299 e. The van der Waals surface area contributed by atoms with Gasteiger partial charge in [-0.2, -0.15) is 0 Å². The minimum atomic E-state index is -0.998. The van der Waals surface area contributed by atoms with Crippen molar-refractivity contribution in [2.24, 2.45) is 0 Å². The predicted octanol–water partition coefficient (Wildman–Crippen LogP) is 4.43. The highest BCUT2D eigenvalue weighted by Gasteiger charge is 2.42. The molecule has 0 spiro atoms. The van der Waals surface area contributed by atoms with E-state index in [0.29, 0.717) is 22.2 Å². The first-order valence-electron chi connectivity index (χ1n) is 11.3. The van der Waals surface area contributed by atoms with Crippen LogP contribution in [-0.2, 0) is 11.2 Å². The molecule has 7 nitrogen and oxygen atoms in total. The average molecular weight is 461 g/mol. The van der Waals surface area contributed by atoms with Gasteiger partial charge >= 0.3 is 0 Å². The molecule has 2 heterocycles. The van der Waals surface area contributed by atoms with Crippen LogP contribution in [0.1, 0.15) is 69.3 Å². The van der Waals surface area contributed by atoms with Crippen molar-refractivity contribution in [3.63, 3.8) is 0 Å². The second-order valence-electron chi connectivity index (χ2n) is 8.50. The van der Waals surface area contributed by atoms with E-state index in [0.717, 1.165) is 28.3 Å². The molecule has 8 heteroatoms. The van der Waals surface area contributed by atoms with Gasteiger partial charge in [-0.25, -0.2) is 0 Å². The predicted molar refractivity (Wildman–Crippen MR) is 125 cm³/mol. The van der Waals surface area contributed by atoms with Crippen LogP contribution in [0.5, 0.6) is 0 Å². The Morgan fingerprint density at radius 3 is 2.24 bits per heavy atom. The van der Waals surface area contributed by atoms with Gasteiger partial charge in [0.05, 0.1) is 11.1 Å². The Morgan fingerprint density at radius 1 is 0.939 bits per heavy atom. The van der Waals surface area contributed by atoms with Gasteiger partial charge in [0.1, 0.15) is 11.0 Å². The summed E-state index contributed by atoms with van der Waals surface area (Å²) in [5, 5.41) is 12.6. The lowest BCUT2D eigenvalue weighted by Gasteiger charge is -2.25. The molecule has 1 N–H and O–H groups in total. The fourth-order valence-electron chi connectivity index (χ4n) is 4.62. The molecule has 1 aliphatic heterocycles. The van der Waals surface area contributed by atoms with Crippen molar-refractivity contribution in [3.05, 3.63) is 76.3 Å². The van der Waals surface area contributed by atoms with Gasteiger partial charge in [0.25, 0.3) is 11.8 Å². The lowest BCUT2D eigenvalue weighted by molar-refractivity contribution is -0.119. The van der Waals surface area contributed by atoms with Crippen molar-refractivity contribution < 1.29 is 14.4 Å². The molecule has 3 aromatic rings. The smallest absolute Gasteiger partial charge is 0.262 e. The molecule has 2 aliphatic rings. The second-order valence-corrected chi connectivity index (χ2v) is 9.51. The number of nitrogens with one attached hydrogen (secondary N) is 1. The van der Waals surface area contributed by atoms with Crippen molar-refractivity contribution in [1.82, 2.24) is 15.1 Å². The molecule has 168 valence electrons. The Balaban J connectivity index is 1.40. The summed E-state index contributed by atoms with van der Waals surface area (Å²) in [4.78, 5) is 40.7. The Morgan fingerprint density at radius 2 is 1.58 bits per heavy atom. The van der Waals surface area contributed by atoms with E-state index >= 15 is 0 Å². The third-order valence-electron chi connectivity index (χ3n) is 6.34. The minimum absolute atomic E-state index is 0.215. The highest BCUT2D eigenvalue weighted by molar-refractivity contribution is 7.15. The molecule has 33 heavy (non-hydrogen) atoms. The van der Waals surface area contributed by atoms with Crippen molar-refractivity contribution >= 4 is 34.2 Å². The molecule has 1 fully saturated rings. The summed E-state index contributed by atoms with van der Waals surface area (Å²) in [5.74, 6) is -0.961. The number of carbonyl (C=O) groups excluding carboxylic acids is 3. The number of anilines is 1. The summed E-state index contributed by atoms with van der Waals surface area (Å²) >= 11 is 1.38. The van der Waals surface area contributed by atoms with E-state index < -0.39 is 23.8 Å². The Hall–Kier alpha value is -3.39. The normalized spacial score (nSPS) is 17.2. The number of fused-ring (bicyclic) bond motifs is 1. The van der Waals surface area contributed by atoms with Gasteiger partial charge in [0, 0.05) is 12.3 Å². The molecule has 2 aromatic carbocycles. The molecule has 1 atom stereocenters. The van der Waals surface area contributed by atoms with E-state index in [9.17, 15) is 14.4 Å². The Labute approximate surface area is 195 Å². The third-order valence-corrected chi connectivity index (χ3v) is 7.34. The number of imide groups is 1. The van der Waals surface area contributed by atoms with Crippen LogP contribution < -0.4 is 5.32 Å². The fraction of sp³-hybridized carbons (Fsp3) is 0.320. The quantitative estimate of drug-likeness (QED) is 0.550. The summed E-state index contributed by atoms with van der Waals surface area (Å²) in [6.45, 7) is 0. The van der Waals surface area contributed by atoms with E-state index in [4.69, 9.17) is 0 Å². The topological polar surface area (TPSA) is 92.3 Å². The summed E-state index contributed by atoms with van der Waals surface area (Å²) in [5.41, 5.74) is 1.50. The van der Waals surface area contributed by atoms with E-state index in [1.165, 1.54) is 30.6 Å². The van der Waals surface area contributed by atoms with Gasteiger partial charge in [-0.3, -0.25) is 24.6 Å². The van der Waals surface area contributed by atoms with Crippen LogP contribution in [-0.4, -0.2) is 38.9 Å². The maximum absolute atomic E-state index is 13.4. The van der Waals surface area contributed by atoms with Crippen LogP contribution in [0.2, 0.25) is 0 Å². The summed E-state index contributed by atoms with van der Waals surface area (Å²) in [6.07, 6.45) is 6.02. The van der Waals surface area contributed by atoms with Crippen molar-refractivity contribution in [2.45, 2.75) is 50.5 Å². The number of nitrogens with zero attached hydrogens (tertiary/aromatic N) is 3. The van der Waals surface area contributed by atoms with Crippen LogP contribution in [0.15, 0.2) is 54.6 Å². The first-order valence-corrected chi connectivity index (χ1v) is 12.1. The lowest BCUT2D eigenvalue weighted by Crippen LogP contribution is -2.48. The van der Waals surface area contributed by atoms with Crippen LogP contribution in [0.4, 0.5) is 5.13 Å². The standard InChI is InChI=1S/C25H24N4O3S/c30-21(26-25-28-27-22(33-25)17-11-5-2-6-12-17)20(15-16-9-3-1-4-10-16)29-23(31)18-13-7-8-14-19(18)24(29)32/h1,3-4,7-10,13-14,17,20H,2,5-6,11-12,15H2,(H,26,28,30)/t20-/m1/s1. The summed E-state index contributed by atoms with van der Waals surface area (Å²) in [7, 11) is 0. The molecule has 5 rings (SSSR count). The monoisotopic (exact) mass is 460 g/mol. The molecule has 0 saturated heterocycles. The Kier molecular flexibility index (Phi) is 6.00. The van der Waals surface area contributed by atoms with E-state index in [1.807, 2.05) is 30.3 Å². The van der Waals surface area contributed by atoms with Gasteiger partial charge in [-0.05, 0) is 30.5 Å². The van der Waals surface area contributed by atoms with Crippen molar-refractivity contribution in [2.75, 3.05) is 5.32 Å². The van der Waals surface area contributed by atoms with Gasteiger partial charge in [-0.15, -0.1) is 10.2 Å². The average Bonchev–Trinajstić information content (AvgIpc) is 3.42. The van der Waals surface area contributed by atoms with Crippen molar-refractivity contribution in [1.29, 1.82) is 0 Å². The zero-order valence-corrected chi connectivity index (χ0v) is 18.9. The Bertz CT molecular complexity index is 1150. The van der Waals surface area contributed by atoms with Crippen LogP contribution in [0.3, 0.4) is 0 Å². The zero-order valence-electron chi connectivity index (χ0n) is 18.1. The van der Waals surface area contributed by atoms with Gasteiger partial charge in [0.15, 0.2) is 0 Å². The summed E-state index contributed by atoms with van der Waals surface area (Å²) in [6, 6.07) is 15.1. The highest BCUT2D eigenvalue weighted by atomic mass is 32.1. The molecule has 1 aromatic heterocycles. The molecular weight excluding hydrogens is 436 g/mol. The van der Waals surface area contributed by atoms with Crippen LogP contribution >= 0.6 is 11.3 Å². The molecule has 0 bridgehead atoms. The van der Waals surface area contributed by atoms with E-state index in [-0.39, 0.29) is 6.42 Å². The van der Waals surface area contributed by atoms with Gasteiger partial charge in [0.2, 0.25) is 11.0 Å². The fourth-order valence-corrected chi connectivity index (χ4v) is 5.53. The first-order chi connectivity index (χ1) is 16.1. The lowest BCUT2D eigenvalue weighted by atomic mass is 9.90. The maximum atomic E-state index is 13.4. The maximum Gasteiger partial charge on any atom is 0.262 e. The van der Waals surface area contributed by atoms with Crippen LogP contribution in [0, 0.1) is 0 Å². The SMILES string of the molecule is O=C(Nc1nnc(C2CCCCC2)s1)[C@@H](Cc1ccccc1)N1C(=O)c2ccccc2C1=O. The molecule has 1 aliphatic carbocycles. The zero-order chi connectivity index (χ0) is 22.8. The number of aromatic nitrogens is 2. The molecule has 0 radical (unpaired) electrons. The number of amides is 3. The van der Waals surface area contributed by atoms with E-state index in [1.54, 1.807) is 24.3 Å². The van der Waals surface area contributed by atoms with Gasteiger partial charge < -0.3 is 0 Å². The molecule has 1 saturated carbocycles. The molecule has 0 unspecified atom stereocenters. The summed E-state index contributed by atoms with van der Waals surface area (Å²) < 4.78 is 0. The number of hydrogen-bond donors (Lipinski definition) is 1. The number of carbonyl (C=O) groups is 3.